The Morgan fingerprint density at radius 1 is 1.04 bits per heavy atom. The van der Waals surface area contributed by atoms with Crippen LogP contribution in [-0.4, -0.2) is 35.7 Å². The lowest BCUT2D eigenvalue weighted by Crippen LogP contribution is -2.42. The second kappa shape index (κ2) is 6.38. The van der Waals surface area contributed by atoms with Crippen LogP contribution >= 0.6 is 0 Å². The first kappa shape index (κ1) is 16.7. The van der Waals surface area contributed by atoms with Gasteiger partial charge in [0.1, 0.15) is 18.5 Å². The third kappa shape index (κ3) is 3.35. The van der Waals surface area contributed by atoms with Crippen LogP contribution in [0, 0.1) is 0 Å². The van der Waals surface area contributed by atoms with Gasteiger partial charge in [-0.25, -0.2) is 0 Å². The van der Waals surface area contributed by atoms with E-state index in [-0.39, 0.29) is 17.9 Å². The molecule has 0 fully saturated rings. The van der Waals surface area contributed by atoms with Crippen molar-refractivity contribution in [3.63, 3.8) is 0 Å². The van der Waals surface area contributed by atoms with Crippen molar-refractivity contribution < 1.29 is 14.6 Å². The molecule has 0 aromatic heterocycles. The third-order valence-corrected chi connectivity index (χ3v) is 4.01. The van der Waals surface area contributed by atoms with E-state index in [1.165, 1.54) is 0 Å². The zero-order valence-corrected chi connectivity index (χ0v) is 14.3. The summed E-state index contributed by atoms with van der Waals surface area (Å²) in [6.45, 7) is 6.71. The highest BCUT2D eigenvalue weighted by molar-refractivity contribution is 6.23. The molecule has 4 heteroatoms. The number of carbonyl (C=O) groups is 1. The van der Waals surface area contributed by atoms with Gasteiger partial charge < -0.3 is 15.2 Å². The number of β-amino-alcohol motifs (C(OH)–C–C–N with tert-alkyl or cyclic N) is 1. The maximum absolute atomic E-state index is 12.7. The molecule has 0 bridgehead atoms. The number of ether oxygens (including phenoxy) is 1. The maximum Gasteiger partial charge on any atom is 0.198 e. The summed E-state index contributed by atoms with van der Waals surface area (Å²) in [5, 5.41) is 13.3. The Hall–Kier alpha value is -2.17. The summed E-state index contributed by atoms with van der Waals surface area (Å²) in [7, 11) is 0. The SMILES string of the molecule is CC(C)(C)NCC(O)COc1cccc2c1C(=O)c1ccccc1-2. The molecule has 24 heavy (non-hydrogen) atoms. The fraction of sp³-hybridized carbons (Fsp3) is 0.350. The Morgan fingerprint density at radius 2 is 1.71 bits per heavy atom. The number of ketones is 1. The summed E-state index contributed by atoms with van der Waals surface area (Å²) in [5.74, 6) is 0.516. The first-order chi connectivity index (χ1) is 11.4. The summed E-state index contributed by atoms with van der Waals surface area (Å²) in [6.07, 6.45) is -0.640. The van der Waals surface area contributed by atoms with E-state index < -0.39 is 6.10 Å². The van der Waals surface area contributed by atoms with Gasteiger partial charge in [-0.3, -0.25) is 4.79 Å². The molecule has 4 nitrogen and oxygen atoms in total. The molecule has 0 radical (unpaired) electrons. The van der Waals surface area contributed by atoms with Crippen LogP contribution in [0.3, 0.4) is 0 Å². The molecule has 1 atom stereocenters. The summed E-state index contributed by atoms with van der Waals surface area (Å²) in [5.41, 5.74) is 3.08. The molecule has 0 heterocycles. The second-order valence-electron chi connectivity index (χ2n) is 7.15. The summed E-state index contributed by atoms with van der Waals surface area (Å²) in [4.78, 5) is 12.7. The van der Waals surface area contributed by atoms with E-state index in [1.807, 2.05) is 57.2 Å². The standard InChI is InChI=1S/C20H23NO3/c1-20(2,3)21-11-13(22)12-24-17-10-6-9-15-14-7-4-5-8-16(14)19(23)18(15)17/h4-10,13,21-22H,11-12H2,1-3H3. The molecule has 0 aliphatic heterocycles. The van der Waals surface area contributed by atoms with Gasteiger partial charge in [0, 0.05) is 17.6 Å². The summed E-state index contributed by atoms with van der Waals surface area (Å²) in [6, 6.07) is 13.2. The first-order valence-electron chi connectivity index (χ1n) is 8.20. The molecule has 2 N–H and O–H groups in total. The lowest BCUT2D eigenvalue weighted by Gasteiger charge is -2.23. The van der Waals surface area contributed by atoms with Crippen LogP contribution in [0.1, 0.15) is 36.7 Å². The fourth-order valence-electron chi connectivity index (χ4n) is 2.83. The number of aliphatic hydroxyl groups is 1. The third-order valence-electron chi connectivity index (χ3n) is 4.01. The van der Waals surface area contributed by atoms with Gasteiger partial charge >= 0.3 is 0 Å². The van der Waals surface area contributed by atoms with E-state index in [2.05, 4.69) is 5.32 Å². The van der Waals surface area contributed by atoms with Crippen molar-refractivity contribution in [2.75, 3.05) is 13.2 Å². The summed E-state index contributed by atoms with van der Waals surface area (Å²) >= 11 is 0. The van der Waals surface area contributed by atoms with Crippen molar-refractivity contribution in [1.29, 1.82) is 0 Å². The number of hydrogen-bond acceptors (Lipinski definition) is 4. The zero-order chi connectivity index (χ0) is 17.3. The van der Waals surface area contributed by atoms with Crippen LogP contribution in [0.25, 0.3) is 11.1 Å². The average molecular weight is 325 g/mol. The smallest absolute Gasteiger partial charge is 0.198 e. The van der Waals surface area contributed by atoms with E-state index >= 15 is 0 Å². The van der Waals surface area contributed by atoms with Crippen LogP contribution in [0.15, 0.2) is 42.5 Å². The molecule has 126 valence electrons. The molecule has 1 aliphatic carbocycles. The van der Waals surface area contributed by atoms with Crippen molar-refractivity contribution in [2.24, 2.45) is 0 Å². The molecular formula is C20H23NO3. The van der Waals surface area contributed by atoms with Gasteiger partial charge in [0.25, 0.3) is 0 Å². The van der Waals surface area contributed by atoms with E-state index in [9.17, 15) is 9.90 Å². The van der Waals surface area contributed by atoms with E-state index in [4.69, 9.17) is 4.74 Å². The minimum atomic E-state index is -0.640. The topological polar surface area (TPSA) is 58.6 Å². The quantitative estimate of drug-likeness (QED) is 0.757. The Morgan fingerprint density at radius 3 is 2.42 bits per heavy atom. The lowest BCUT2D eigenvalue weighted by molar-refractivity contribution is 0.0963. The highest BCUT2D eigenvalue weighted by Crippen LogP contribution is 2.40. The summed E-state index contributed by atoms with van der Waals surface area (Å²) < 4.78 is 5.77. The minimum absolute atomic E-state index is 0.0153. The van der Waals surface area contributed by atoms with Gasteiger partial charge in [-0.2, -0.15) is 0 Å². The van der Waals surface area contributed by atoms with Crippen LogP contribution in [0.2, 0.25) is 0 Å². The van der Waals surface area contributed by atoms with E-state index in [0.29, 0.717) is 23.4 Å². The Balaban J connectivity index is 1.75. The van der Waals surface area contributed by atoms with Crippen molar-refractivity contribution in [1.82, 2.24) is 5.32 Å². The molecule has 1 unspecified atom stereocenters. The highest BCUT2D eigenvalue weighted by Gasteiger charge is 2.29. The predicted octanol–water partition coefficient (Wildman–Crippen LogP) is 3.03. The van der Waals surface area contributed by atoms with Crippen molar-refractivity contribution >= 4 is 5.78 Å². The van der Waals surface area contributed by atoms with Crippen LogP contribution < -0.4 is 10.1 Å². The minimum Gasteiger partial charge on any atom is -0.490 e. The van der Waals surface area contributed by atoms with Crippen LogP contribution in [0.5, 0.6) is 5.75 Å². The van der Waals surface area contributed by atoms with Gasteiger partial charge in [0.15, 0.2) is 5.78 Å². The van der Waals surface area contributed by atoms with Crippen LogP contribution in [0.4, 0.5) is 0 Å². The number of carbonyl (C=O) groups excluding carboxylic acids is 1. The van der Waals surface area contributed by atoms with E-state index in [1.54, 1.807) is 6.07 Å². The Bertz CT molecular complexity index is 762. The first-order valence-corrected chi connectivity index (χ1v) is 8.20. The van der Waals surface area contributed by atoms with Crippen molar-refractivity contribution in [2.45, 2.75) is 32.4 Å². The lowest BCUT2D eigenvalue weighted by atomic mass is 10.1. The molecular weight excluding hydrogens is 302 g/mol. The van der Waals surface area contributed by atoms with Gasteiger partial charge in [-0.1, -0.05) is 36.4 Å². The maximum atomic E-state index is 12.7. The van der Waals surface area contributed by atoms with Crippen molar-refractivity contribution in [3.8, 4) is 16.9 Å². The number of aliphatic hydroxyl groups excluding tert-OH is 1. The van der Waals surface area contributed by atoms with Crippen molar-refractivity contribution in [3.05, 3.63) is 53.6 Å². The molecule has 2 aromatic carbocycles. The predicted molar refractivity (Wildman–Crippen MR) is 94.6 cm³/mol. The largest absolute Gasteiger partial charge is 0.490 e. The number of hydrogen-bond donors (Lipinski definition) is 2. The molecule has 0 saturated heterocycles. The number of nitrogens with one attached hydrogen (secondary N) is 1. The van der Waals surface area contributed by atoms with Gasteiger partial charge in [-0.15, -0.1) is 0 Å². The van der Waals surface area contributed by atoms with Crippen LogP contribution in [-0.2, 0) is 0 Å². The normalized spacial score (nSPS) is 14.2. The molecule has 1 aliphatic rings. The molecule has 2 aromatic rings. The fourth-order valence-corrected chi connectivity index (χ4v) is 2.83. The van der Waals surface area contributed by atoms with E-state index in [0.717, 1.165) is 11.1 Å². The number of rotatable bonds is 5. The molecule has 0 amide bonds. The molecule has 3 rings (SSSR count). The number of benzene rings is 2. The zero-order valence-electron chi connectivity index (χ0n) is 14.3. The van der Waals surface area contributed by atoms with Gasteiger partial charge in [0.05, 0.1) is 5.56 Å². The second-order valence-corrected chi connectivity index (χ2v) is 7.15. The Kier molecular flexibility index (Phi) is 4.43. The monoisotopic (exact) mass is 325 g/mol. The molecule has 0 saturated carbocycles. The average Bonchev–Trinajstić information content (AvgIpc) is 2.84. The van der Waals surface area contributed by atoms with Gasteiger partial charge in [0.2, 0.25) is 0 Å². The van der Waals surface area contributed by atoms with Gasteiger partial charge in [-0.05, 0) is 38.0 Å². The number of fused-ring (bicyclic) bond motifs is 3. The highest BCUT2D eigenvalue weighted by atomic mass is 16.5. The molecule has 0 spiro atoms. The Labute approximate surface area is 142 Å².